The molecule has 0 bridgehead atoms. The average molecular weight is 380 g/mol. The molecule has 6 heteroatoms. The van der Waals surface area contributed by atoms with E-state index in [-0.39, 0.29) is 30.1 Å². The first kappa shape index (κ1) is 16.7. The predicted molar refractivity (Wildman–Crippen MR) is 89.1 cm³/mol. The fourth-order valence-electron chi connectivity index (χ4n) is 2.13. The minimum Gasteiger partial charge on any atom is -0.374 e. The molecule has 1 aliphatic carbocycles. The van der Waals surface area contributed by atoms with Gasteiger partial charge in [0.2, 0.25) is 0 Å². The van der Waals surface area contributed by atoms with Crippen LogP contribution in [-0.4, -0.2) is 55.8 Å². The smallest absolute Gasteiger partial charge is 0.188 e. The van der Waals surface area contributed by atoms with Gasteiger partial charge in [0.15, 0.2) is 5.96 Å². The number of guanidine groups is 1. The maximum Gasteiger partial charge on any atom is 0.188 e. The second-order valence-electron chi connectivity index (χ2n) is 5.26. The van der Waals surface area contributed by atoms with Crippen LogP contribution in [0.1, 0.15) is 19.8 Å². The molecule has 1 atom stereocenters. The summed E-state index contributed by atoms with van der Waals surface area (Å²) >= 11 is 0. The number of nitrogens with zero attached hydrogens (tertiary/aromatic N) is 2. The van der Waals surface area contributed by atoms with Crippen molar-refractivity contribution < 1.29 is 4.74 Å². The molecule has 0 aromatic carbocycles. The lowest BCUT2D eigenvalue weighted by Crippen LogP contribution is -2.49. The molecule has 0 aromatic heterocycles. The molecule has 5 nitrogen and oxygen atoms in total. The van der Waals surface area contributed by atoms with Gasteiger partial charge in [-0.2, -0.15) is 0 Å². The van der Waals surface area contributed by atoms with Crippen LogP contribution < -0.4 is 11.1 Å². The number of nitrogens with two attached hydrogens (primary N) is 1. The zero-order chi connectivity index (χ0) is 13.0. The van der Waals surface area contributed by atoms with Crippen LogP contribution in [0.3, 0.4) is 0 Å². The minimum atomic E-state index is 0. The third-order valence-electron chi connectivity index (χ3n) is 3.26. The highest BCUT2D eigenvalue weighted by Crippen LogP contribution is 2.27. The molecule has 0 aromatic rings. The highest BCUT2D eigenvalue weighted by Gasteiger charge is 2.32. The monoisotopic (exact) mass is 380 g/mol. The van der Waals surface area contributed by atoms with Crippen molar-refractivity contribution in [2.24, 2.45) is 10.7 Å². The molecular weight excluding hydrogens is 355 g/mol. The standard InChI is InChI=1S/C13H24N4O.HI/c1-10(2)7-15-13(14)16-8-12-9-17(5-6-18-12)11-3-4-11;/h11-12H,1,3-9H2,2H3,(H3,14,15,16);1H. The lowest BCUT2D eigenvalue weighted by molar-refractivity contribution is -0.0281. The van der Waals surface area contributed by atoms with Crippen LogP contribution in [0, 0.1) is 0 Å². The summed E-state index contributed by atoms with van der Waals surface area (Å²) in [7, 11) is 0. The first-order chi connectivity index (χ1) is 8.65. The lowest BCUT2D eigenvalue weighted by atomic mass is 10.2. The van der Waals surface area contributed by atoms with Crippen LogP contribution in [0.5, 0.6) is 0 Å². The zero-order valence-corrected chi connectivity index (χ0v) is 13.9. The Balaban J connectivity index is 0.00000180. The van der Waals surface area contributed by atoms with E-state index in [0.717, 1.165) is 37.9 Å². The minimum absolute atomic E-state index is 0. The number of ether oxygens (including phenoxy) is 1. The Kier molecular flexibility index (Phi) is 7.09. The molecular formula is C13H25IN4O. The van der Waals surface area contributed by atoms with Crippen LogP contribution in [-0.2, 0) is 4.74 Å². The second kappa shape index (κ2) is 8.06. The van der Waals surface area contributed by atoms with E-state index >= 15 is 0 Å². The quantitative estimate of drug-likeness (QED) is 0.323. The van der Waals surface area contributed by atoms with Crippen molar-refractivity contribution in [2.75, 3.05) is 32.8 Å². The Bertz CT molecular complexity index is 331. The van der Waals surface area contributed by atoms with E-state index in [9.17, 15) is 0 Å². The van der Waals surface area contributed by atoms with E-state index in [4.69, 9.17) is 10.5 Å². The van der Waals surface area contributed by atoms with E-state index in [0.29, 0.717) is 12.5 Å². The molecule has 19 heavy (non-hydrogen) atoms. The molecule has 2 fully saturated rings. The van der Waals surface area contributed by atoms with Crippen molar-refractivity contribution in [3.05, 3.63) is 12.2 Å². The van der Waals surface area contributed by atoms with Gasteiger partial charge in [0.05, 0.1) is 19.3 Å². The Morgan fingerprint density at radius 2 is 2.26 bits per heavy atom. The van der Waals surface area contributed by atoms with Crippen molar-refractivity contribution in [1.82, 2.24) is 10.2 Å². The van der Waals surface area contributed by atoms with E-state index in [2.05, 4.69) is 21.8 Å². The van der Waals surface area contributed by atoms with Crippen molar-refractivity contribution in [3.63, 3.8) is 0 Å². The number of hydrogen-bond donors (Lipinski definition) is 2. The van der Waals surface area contributed by atoms with Gasteiger partial charge in [0.1, 0.15) is 0 Å². The molecule has 110 valence electrons. The molecule has 0 amide bonds. The molecule has 1 saturated heterocycles. The summed E-state index contributed by atoms with van der Waals surface area (Å²) in [5.41, 5.74) is 6.78. The molecule has 0 spiro atoms. The van der Waals surface area contributed by atoms with Crippen molar-refractivity contribution in [1.29, 1.82) is 0 Å². The summed E-state index contributed by atoms with van der Waals surface area (Å²) in [6.07, 6.45) is 2.92. The third kappa shape index (κ3) is 6.09. The Morgan fingerprint density at radius 1 is 1.53 bits per heavy atom. The van der Waals surface area contributed by atoms with E-state index in [1.54, 1.807) is 0 Å². The van der Waals surface area contributed by atoms with Gasteiger partial charge in [-0.05, 0) is 19.8 Å². The number of aliphatic imine (C=N–C) groups is 1. The van der Waals surface area contributed by atoms with Gasteiger partial charge in [0, 0.05) is 25.7 Å². The van der Waals surface area contributed by atoms with Gasteiger partial charge in [0.25, 0.3) is 0 Å². The largest absolute Gasteiger partial charge is 0.374 e. The van der Waals surface area contributed by atoms with Gasteiger partial charge < -0.3 is 15.8 Å². The topological polar surface area (TPSA) is 62.9 Å². The summed E-state index contributed by atoms with van der Waals surface area (Å²) < 4.78 is 5.73. The van der Waals surface area contributed by atoms with Crippen LogP contribution in [0.2, 0.25) is 0 Å². The summed E-state index contributed by atoms with van der Waals surface area (Å²) in [6.45, 7) is 9.94. The predicted octanol–water partition coefficient (Wildman–Crippen LogP) is 0.948. The Hall–Kier alpha value is -0.340. The van der Waals surface area contributed by atoms with Crippen LogP contribution in [0.25, 0.3) is 0 Å². The summed E-state index contributed by atoms with van der Waals surface area (Å²) in [6, 6.07) is 0.811. The summed E-state index contributed by atoms with van der Waals surface area (Å²) in [4.78, 5) is 6.71. The van der Waals surface area contributed by atoms with Crippen molar-refractivity contribution in [2.45, 2.75) is 31.9 Å². The summed E-state index contributed by atoms with van der Waals surface area (Å²) in [5.74, 6) is 0.477. The van der Waals surface area contributed by atoms with E-state index < -0.39 is 0 Å². The SMILES string of the molecule is C=C(C)CN=C(N)NCC1CN(C2CC2)CCO1.I. The van der Waals surface area contributed by atoms with Gasteiger partial charge in [-0.15, -0.1) is 24.0 Å². The molecule has 1 unspecified atom stereocenters. The van der Waals surface area contributed by atoms with Crippen molar-refractivity contribution in [3.8, 4) is 0 Å². The normalized spacial score (nSPS) is 24.7. The fourth-order valence-corrected chi connectivity index (χ4v) is 2.13. The zero-order valence-electron chi connectivity index (χ0n) is 11.6. The van der Waals surface area contributed by atoms with Gasteiger partial charge in [-0.25, -0.2) is 4.99 Å². The maximum atomic E-state index is 5.77. The van der Waals surface area contributed by atoms with Crippen LogP contribution in [0.15, 0.2) is 17.1 Å². The third-order valence-corrected chi connectivity index (χ3v) is 3.26. The Morgan fingerprint density at radius 3 is 2.89 bits per heavy atom. The molecule has 2 rings (SSSR count). The van der Waals surface area contributed by atoms with Crippen LogP contribution in [0.4, 0.5) is 0 Å². The first-order valence-electron chi connectivity index (χ1n) is 6.69. The maximum absolute atomic E-state index is 5.77. The molecule has 2 aliphatic rings. The van der Waals surface area contributed by atoms with Gasteiger partial charge in [-0.3, -0.25) is 4.90 Å². The molecule has 1 aliphatic heterocycles. The fraction of sp³-hybridized carbons (Fsp3) is 0.769. The Labute approximate surface area is 132 Å². The molecule has 1 heterocycles. The molecule has 3 N–H and O–H groups in total. The molecule has 0 radical (unpaired) electrons. The number of hydrogen-bond acceptors (Lipinski definition) is 3. The second-order valence-corrected chi connectivity index (χ2v) is 5.26. The number of halogens is 1. The average Bonchev–Trinajstić information content (AvgIpc) is 3.18. The lowest BCUT2D eigenvalue weighted by Gasteiger charge is -2.33. The highest BCUT2D eigenvalue weighted by atomic mass is 127. The van der Waals surface area contributed by atoms with Crippen LogP contribution >= 0.6 is 24.0 Å². The van der Waals surface area contributed by atoms with Crippen molar-refractivity contribution >= 4 is 29.9 Å². The molecule has 1 saturated carbocycles. The number of nitrogens with one attached hydrogen (secondary N) is 1. The highest BCUT2D eigenvalue weighted by molar-refractivity contribution is 14.0. The van der Waals surface area contributed by atoms with Gasteiger partial charge in [-0.1, -0.05) is 12.2 Å². The van der Waals surface area contributed by atoms with Gasteiger partial charge >= 0.3 is 0 Å². The van der Waals surface area contributed by atoms with E-state index in [1.807, 2.05) is 6.92 Å². The number of rotatable bonds is 5. The first-order valence-corrected chi connectivity index (χ1v) is 6.69. The number of morpholine rings is 1. The van der Waals surface area contributed by atoms with E-state index in [1.165, 1.54) is 12.8 Å². The summed E-state index contributed by atoms with van der Waals surface area (Å²) in [5, 5.41) is 3.12.